The van der Waals surface area contributed by atoms with E-state index in [1.165, 1.54) is 24.3 Å². The van der Waals surface area contributed by atoms with Crippen molar-refractivity contribution in [1.82, 2.24) is 5.32 Å². The minimum absolute atomic E-state index is 0.0104. The molecule has 6 heteroatoms. The Kier molecular flexibility index (Phi) is 5.88. The number of nitrogens with zero attached hydrogens (tertiary/aromatic N) is 1. The van der Waals surface area contributed by atoms with Gasteiger partial charge in [0.15, 0.2) is 0 Å². The number of carbonyl (C=O) groups is 1. The SMILES string of the molecule is O=C(/C=C/c1cccc([N+](=O)[O-])c1)NCCOc1ccccc1. The second-order valence-electron chi connectivity index (χ2n) is 4.64. The van der Waals surface area contributed by atoms with Gasteiger partial charge in [0, 0.05) is 18.2 Å². The summed E-state index contributed by atoms with van der Waals surface area (Å²) in [7, 11) is 0. The lowest BCUT2D eigenvalue weighted by Crippen LogP contribution is -2.26. The fourth-order valence-corrected chi connectivity index (χ4v) is 1.83. The van der Waals surface area contributed by atoms with Crippen LogP contribution in [0.2, 0.25) is 0 Å². The number of para-hydroxylation sites is 1. The van der Waals surface area contributed by atoms with E-state index < -0.39 is 4.92 Å². The molecule has 0 aromatic heterocycles. The third kappa shape index (κ3) is 5.62. The Hall–Kier alpha value is -3.15. The van der Waals surface area contributed by atoms with Crippen LogP contribution in [0.15, 0.2) is 60.7 Å². The van der Waals surface area contributed by atoms with Crippen molar-refractivity contribution in [2.45, 2.75) is 0 Å². The molecular weight excluding hydrogens is 296 g/mol. The van der Waals surface area contributed by atoms with Crippen LogP contribution in [0.25, 0.3) is 6.08 Å². The summed E-state index contributed by atoms with van der Waals surface area (Å²) in [5, 5.41) is 13.3. The number of amides is 1. The van der Waals surface area contributed by atoms with Crippen LogP contribution >= 0.6 is 0 Å². The molecule has 0 radical (unpaired) electrons. The maximum absolute atomic E-state index is 11.7. The van der Waals surface area contributed by atoms with E-state index in [0.717, 1.165) is 5.75 Å². The second kappa shape index (κ2) is 8.33. The summed E-state index contributed by atoms with van der Waals surface area (Å²) in [6, 6.07) is 15.4. The Morgan fingerprint density at radius 1 is 1.17 bits per heavy atom. The number of benzene rings is 2. The number of nitro benzene ring substituents is 1. The minimum Gasteiger partial charge on any atom is -0.492 e. The van der Waals surface area contributed by atoms with Crippen molar-refractivity contribution in [1.29, 1.82) is 0 Å². The molecule has 0 spiro atoms. The van der Waals surface area contributed by atoms with Gasteiger partial charge in [-0.05, 0) is 23.8 Å². The molecule has 0 atom stereocenters. The average Bonchev–Trinajstić information content (AvgIpc) is 2.58. The molecule has 0 bridgehead atoms. The van der Waals surface area contributed by atoms with E-state index >= 15 is 0 Å². The van der Waals surface area contributed by atoms with Gasteiger partial charge in [-0.3, -0.25) is 14.9 Å². The van der Waals surface area contributed by atoms with E-state index in [4.69, 9.17) is 4.74 Å². The predicted octanol–water partition coefficient (Wildman–Crippen LogP) is 2.80. The van der Waals surface area contributed by atoms with Crippen molar-refractivity contribution in [3.8, 4) is 5.75 Å². The second-order valence-corrected chi connectivity index (χ2v) is 4.64. The zero-order valence-electron chi connectivity index (χ0n) is 12.3. The summed E-state index contributed by atoms with van der Waals surface area (Å²) in [5.74, 6) is 0.460. The highest BCUT2D eigenvalue weighted by Gasteiger charge is 2.04. The third-order valence-corrected chi connectivity index (χ3v) is 2.92. The van der Waals surface area contributed by atoms with E-state index in [-0.39, 0.29) is 11.6 Å². The summed E-state index contributed by atoms with van der Waals surface area (Å²) in [4.78, 5) is 21.9. The zero-order valence-corrected chi connectivity index (χ0v) is 12.3. The van der Waals surface area contributed by atoms with Crippen molar-refractivity contribution in [3.05, 3.63) is 76.4 Å². The highest BCUT2D eigenvalue weighted by molar-refractivity contribution is 5.91. The van der Waals surface area contributed by atoms with Gasteiger partial charge in [-0.25, -0.2) is 0 Å². The highest BCUT2D eigenvalue weighted by atomic mass is 16.6. The minimum atomic E-state index is -0.474. The van der Waals surface area contributed by atoms with Gasteiger partial charge >= 0.3 is 0 Å². The largest absolute Gasteiger partial charge is 0.492 e. The summed E-state index contributed by atoms with van der Waals surface area (Å²) in [5.41, 5.74) is 0.582. The first-order valence-electron chi connectivity index (χ1n) is 7.03. The molecule has 0 aliphatic heterocycles. The summed E-state index contributed by atoms with van der Waals surface area (Å²) >= 11 is 0. The molecule has 6 nitrogen and oxygen atoms in total. The average molecular weight is 312 g/mol. The Morgan fingerprint density at radius 3 is 2.70 bits per heavy atom. The van der Waals surface area contributed by atoms with Crippen molar-refractivity contribution < 1.29 is 14.5 Å². The standard InChI is InChI=1S/C17H16N2O4/c20-17(18-11-12-23-16-7-2-1-3-8-16)10-9-14-5-4-6-15(13-14)19(21)22/h1-10,13H,11-12H2,(H,18,20)/b10-9+. The van der Waals surface area contributed by atoms with Crippen molar-refractivity contribution in [3.63, 3.8) is 0 Å². The van der Waals surface area contributed by atoms with Gasteiger partial charge in [0.2, 0.25) is 5.91 Å². The van der Waals surface area contributed by atoms with Gasteiger partial charge in [0.05, 0.1) is 11.5 Å². The number of carbonyl (C=O) groups excluding carboxylic acids is 1. The quantitative estimate of drug-likeness (QED) is 0.369. The van der Waals surface area contributed by atoms with Gasteiger partial charge in [0.25, 0.3) is 5.69 Å². The molecule has 1 N–H and O–H groups in total. The van der Waals surface area contributed by atoms with Crippen molar-refractivity contribution >= 4 is 17.7 Å². The fourth-order valence-electron chi connectivity index (χ4n) is 1.83. The van der Waals surface area contributed by atoms with Gasteiger partial charge < -0.3 is 10.1 Å². The van der Waals surface area contributed by atoms with Crippen LogP contribution in [0.3, 0.4) is 0 Å². The topological polar surface area (TPSA) is 81.5 Å². The smallest absolute Gasteiger partial charge is 0.270 e. The molecule has 0 saturated heterocycles. The van der Waals surface area contributed by atoms with Crippen LogP contribution < -0.4 is 10.1 Å². The van der Waals surface area contributed by atoms with Crippen LogP contribution in [0.5, 0.6) is 5.75 Å². The number of ether oxygens (including phenoxy) is 1. The summed E-state index contributed by atoms with van der Waals surface area (Å²) < 4.78 is 5.45. The van der Waals surface area contributed by atoms with E-state index in [9.17, 15) is 14.9 Å². The van der Waals surface area contributed by atoms with Crippen LogP contribution in [-0.4, -0.2) is 24.0 Å². The van der Waals surface area contributed by atoms with Crippen LogP contribution in [0.4, 0.5) is 5.69 Å². The number of nitrogens with one attached hydrogen (secondary N) is 1. The lowest BCUT2D eigenvalue weighted by atomic mass is 10.2. The van der Waals surface area contributed by atoms with E-state index in [0.29, 0.717) is 18.7 Å². The highest BCUT2D eigenvalue weighted by Crippen LogP contribution is 2.14. The lowest BCUT2D eigenvalue weighted by Gasteiger charge is -2.06. The maximum atomic E-state index is 11.7. The van der Waals surface area contributed by atoms with E-state index in [1.54, 1.807) is 12.1 Å². The normalized spacial score (nSPS) is 10.4. The third-order valence-electron chi connectivity index (χ3n) is 2.92. The molecule has 1 amide bonds. The molecule has 0 aliphatic rings. The molecule has 0 saturated carbocycles. The fraction of sp³-hybridized carbons (Fsp3) is 0.118. The first kappa shape index (κ1) is 16.2. The number of rotatable bonds is 7. The Bertz CT molecular complexity index is 699. The lowest BCUT2D eigenvalue weighted by molar-refractivity contribution is -0.384. The molecular formula is C17H16N2O4. The molecule has 23 heavy (non-hydrogen) atoms. The number of hydrogen-bond donors (Lipinski definition) is 1. The number of nitro groups is 1. The molecule has 0 fully saturated rings. The summed E-state index contributed by atoms with van der Waals surface area (Å²) in [6.45, 7) is 0.730. The van der Waals surface area contributed by atoms with Crippen LogP contribution in [0.1, 0.15) is 5.56 Å². The molecule has 118 valence electrons. The molecule has 2 aromatic rings. The van der Waals surface area contributed by atoms with Crippen molar-refractivity contribution in [2.75, 3.05) is 13.2 Å². The predicted molar refractivity (Wildman–Crippen MR) is 87.1 cm³/mol. The molecule has 0 unspecified atom stereocenters. The molecule has 0 heterocycles. The van der Waals surface area contributed by atoms with Gasteiger partial charge in [-0.15, -0.1) is 0 Å². The van der Waals surface area contributed by atoms with Gasteiger partial charge in [-0.1, -0.05) is 30.3 Å². The van der Waals surface area contributed by atoms with Gasteiger partial charge in [-0.2, -0.15) is 0 Å². The number of hydrogen-bond acceptors (Lipinski definition) is 4. The molecule has 0 aliphatic carbocycles. The van der Waals surface area contributed by atoms with Gasteiger partial charge in [0.1, 0.15) is 12.4 Å². The Morgan fingerprint density at radius 2 is 1.96 bits per heavy atom. The maximum Gasteiger partial charge on any atom is 0.270 e. The van der Waals surface area contributed by atoms with E-state index in [2.05, 4.69) is 5.32 Å². The van der Waals surface area contributed by atoms with Crippen molar-refractivity contribution in [2.24, 2.45) is 0 Å². The molecule has 2 aromatic carbocycles. The summed E-state index contributed by atoms with van der Waals surface area (Å²) in [6.07, 6.45) is 2.86. The number of non-ortho nitro benzene ring substituents is 1. The van der Waals surface area contributed by atoms with Crippen LogP contribution in [-0.2, 0) is 4.79 Å². The van der Waals surface area contributed by atoms with Crippen LogP contribution in [0, 0.1) is 10.1 Å². The van der Waals surface area contributed by atoms with E-state index in [1.807, 2.05) is 30.3 Å². The zero-order chi connectivity index (χ0) is 16.5. The first-order valence-corrected chi connectivity index (χ1v) is 7.03. The first-order chi connectivity index (χ1) is 11.1. The Labute approximate surface area is 133 Å². The Balaban J connectivity index is 1.76. The monoisotopic (exact) mass is 312 g/mol. The molecule has 2 rings (SSSR count).